The third-order valence-corrected chi connectivity index (χ3v) is 3.54. The van der Waals surface area contributed by atoms with Gasteiger partial charge in [0.1, 0.15) is 5.15 Å². The summed E-state index contributed by atoms with van der Waals surface area (Å²) >= 11 is 11.5. The van der Waals surface area contributed by atoms with E-state index in [4.69, 9.17) is 32.5 Å². The van der Waals surface area contributed by atoms with Crippen molar-refractivity contribution in [3.8, 4) is 11.4 Å². The fourth-order valence-electron chi connectivity index (χ4n) is 1.76. The van der Waals surface area contributed by atoms with E-state index in [0.29, 0.717) is 5.82 Å². The second-order valence-corrected chi connectivity index (χ2v) is 5.22. The summed E-state index contributed by atoms with van der Waals surface area (Å²) < 4.78 is 10.1. The Morgan fingerprint density at radius 1 is 1.22 bits per heavy atom. The minimum atomic E-state index is -0.615. The standard InChI is InChI=1S/C15H9Cl2N3O3/c16-11-6-10(7-18-13(11)17)15(21)22-8-12-19-14(20-23-12)9-4-2-1-3-5-9/h1-7H,8H2. The predicted octanol–water partition coefficient (Wildman–Crippen LogP) is 3.80. The SMILES string of the molecule is O=C(OCc1nc(-c2ccccc2)no1)c1cnc(Cl)c(Cl)c1. The Morgan fingerprint density at radius 3 is 2.74 bits per heavy atom. The van der Waals surface area contributed by atoms with Crippen LogP contribution in [0.2, 0.25) is 10.2 Å². The van der Waals surface area contributed by atoms with Crippen molar-refractivity contribution in [3.63, 3.8) is 0 Å². The highest BCUT2D eigenvalue weighted by Crippen LogP contribution is 2.20. The molecule has 0 saturated carbocycles. The summed E-state index contributed by atoms with van der Waals surface area (Å²) in [7, 11) is 0. The molecule has 0 radical (unpaired) electrons. The molecule has 23 heavy (non-hydrogen) atoms. The summed E-state index contributed by atoms with van der Waals surface area (Å²) in [6.45, 7) is -0.154. The highest BCUT2D eigenvalue weighted by molar-refractivity contribution is 6.41. The Bertz CT molecular complexity index is 837. The summed E-state index contributed by atoms with van der Waals surface area (Å²) in [6, 6.07) is 10.7. The lowest BCUT2D eigenvalue weighted by Crippen LogP contribution is -2.06. The molecule has 0 aliphatic heterocycles. The van der Waals surface area contributed by atoms with Gasteiger partial charge in [0.25, 0.3) is 5.89 Å². The minimum Gasteiger partial charge on any atom is -0.452 e. The maximum atomic E-state index is 11.9. The molecule has 3 aromatic rings. The Morgan fingerprint density at radius 2 is 2.00 bits per heavy atom. The van der Waals surface area contributed by atoms with E-state index in [1.807, 2.05) is 30.3 Å². The first-order valence-electron chi connectivity index (χ1n) is 6.49. The topological polar surface area (TPSA) is 78.1 Å². The van der Waals surface area contributed by atoms with Gasteiger partial charge < -0.3 is 9.26 Å². The van der Waals surface area contributed by atoms with Gasteiger partial charge in [0.2, 0.25) is 5.82 Å². The van der Waals surface area contributed by atoms with E-state index in [0.717, 1.165) is 5.56 Å². The smallest absolute Gasteiger partial charge is 0.340 e. The fourth-order valence-corrected chi connectivity index (χ4v) is 2.03. The number of ether oxygens (including phenoxy) is 1. The van der Waals surface area contributed by atoms with E-state index in [9.17, 15) is 4.79 Å². The first-order chi connectivity index (χ1) is 11.1. The van der Waals surface area contributed by atoms with Crippen molar-refractivity contribution < 1.29 is 14.1 Å². The van der Waals surface area contributed by atoms with Gasteiger partial charge in [-0.2, -0.15) is 4.98 Å². The van der Waals surface area contributed by atoms with Gasteiger partial charge >= 0.3 is 5.97 Å². The molecule has 0 N–H and O–H groups in total. The third-order valence-electron chi connectivity index (χ3n) is 2.86. The zero-order chi connectivity index (χ0) is 16.2. The zero-order valence-electron chi connectivity index (χ0n) is 11.6. The number of carbonyl (C=O) groups is 1. The minimum absolute atomic E-state index is 0.118. The second kappa shape index (κ2) is 6.76. The van der Waals surface area contributed by atoms with Crippen LogP contribution in [0.25, 0.3) is 11.4 Å². The number of esters is 1. The van der Waals surface area contributed by atoms with E-state index >= 15 is 0 Å². The van der Waals surface area contributed by atoms with E-state index in [1.54, 1.807) is 0 Å². The molecular formula is C15H9Cl2N3O3. The predicted molar refractivity (Wildman–Crippen MR) is 83.1 cm³/mol. The molecule has 0 spiro atoms. The largest absolute Gasteiger partial charge is 0.452 e. The molecule has 2 heterocycles. The van der Waals surface area contributed by atoms with Gasteiger partial charge in [-0.3, -0.25) is 0 Å². The Kier molecular flexibility index (Phi) is 4.55. The van der Waals surface area contributed by atoms with Crippen LogP contribution < -0.4 is 0 Å². The van der Waals surface area contributed by atoms with Crippen LogP contribution in [0.1, 0.15) is 16.2 Å². The molecule has 0 unspecified atom stereocenters. The lowest BCUT2D eigenvalue weighted by atomic mass is 10.2. The number of carbonyl (C=O) groups excluding carboxylic acids is 1. The molecule has 0 aliphatic carbocycles. The number of aromatic nitrogens is 3. The van der Waals surface area contributed by atoms with E-state index in [-0.39, 0.29) is 28.2 Å². The van der Waals surface area contributed by atoms with Crippen molar-refractivity contribution in [1.82, 2.24) is 15.1 Å². The van der Waals surface area contributed by atoms with Crippen LogP contribution in [0.3, 0.4) is 0 Å². The molecule has 1 aromatic carbocycles. The van der Waals surface area contributed by atoms with Gasteiger partial charge in [-0.15, -0.1) is 0 Å². The summed E-state index contributed by atoms with van der Waals surface area (Å²) in [5.74, 6) is -0.00592. The van der Waals surface area contributed by atoms with Gasteiger partial charge in [-0.25, -0.2) is 9.78 Å². The zero-order valence-corrected chi connectivity index (χ0v) is 13.1. The quantitative estimate of drug-likeness (QED) is 0.526. The first kappa shape index (κ1) is 15.5. The van der Waals surface area contributed by atoms with E-state index in [1.165, 1.54) is 12.3 Å². The molecular weight excluding hydrogens is 341 g/mol. The molecule has 0 amide bonds. The van der Waals surface area contributed by atoms with Crippen molar-refractivity contribution >= 4 is 29.2 Å². The fraction of sp³-hybridized carbons (Fsp3) is 0.0667. The number of hydrogen-bond acceptors (Lipinski definition) is 6. The summed E-state index contributed by atoms with van der Waals surface area (Å²) in [5.41, 5.74) is 0.990. The number of halogens is 2. The van der Waals surface area contributed by atoms with Crippen molar-refractivity contribution in [1.29, 1.82) is 0 Å². The van der Waals surface area contributed by atoms with Gasteiger partial charge in [-0.1, -0.05) is 58.7 Å². The monoisotopic (exact) mass is 349 g/mol. The van der Waals surface area contributed by atoms with Crippen LogP contribution in [0, 0.1) is 0 Å². The van der Waals surface area contributed by atoms with Crippen molar-refractivity contribution in [2.24, 2.45) is 0 Å². The highest BCUT2D eigenvalue weighted by atomic mass is 35.5. The average Bonchev–Trinajstić information content (AvgIpc) is 3.05. The van der Waals surface area contributed by atoms with Crippen LogP contribution in [-0.2, 0) is 11.3 Å². The summed E-state index contributed by atoms with van der Waals surface area (Å²) in [5, 5.41) is 4.12. The first-order valence-corrected chi connectivity index (χ1v) is 7.25. The number of rotatable bonds is 4. The molecule has 8 heteroatoms. The lowest BCUT2D eigenvalue weighted by molar-refractivity contribution is 0.0429. The van der Waals surface area contributed by atoms with Crippen LogP contribution in [-0.4, -0.2) is 21.1 Å². The summed E-state index contributed by atoms with van der Waals surface area (Å²) in [4.78, 5) is 19.8. The van der Waals surface area contributed by atoms with Crippen molar-refractivity contribution in [2.75, 3.05) is 0 Å². The Balaban J connectivity index is 1.65. The molecule has 0 atom stereocenters. The number of pyridine rings is 1. The van der Waals surface area contributed by atoms with Gasteiger partial charge in [0.05, 0.1) is 10.6 Å². The molecule has 116 valence electrons. The molecule has 0 bridgehead atoms. The molecule has 0 fully saturated rings. The second-order valence-electron chi connectivity index (χ2n) is 4.45. The van der Waals surface area contributed by atoms with Crippen LogP contribution in [0.15, 0.2) is 47.1 Å². The van der Waals surface area contributed by atoms with E-state index < -0.39 is 5.97 Å². The number of hydrogen-bond donors (Lipinski definition) is 0. The number of benzene rings is 1. The maximum Gasteiger partial charge on any atom is 0.340 e. The van der Waals surface area contributed by atoms with Crippen LogP contribution in [0.5, 0.6) is 0 Å². The Labute approximate surface area is 141 Å². The lowest BCUT2D eigenvalue weighted by Gasteiger charge is -2.02. The Hall–Kier alpha value is -2.44. The normalized spacial score (nSPS) is 10.5. The average molecular weight is 350 g/mol. The van der Waals surface area contributed by atoms with Crippen molar-refractivity contribution in [3.05, 3.63) is 64.2 Å². The van der Waals surface area contributed by atoms with Crippen LogP contribution >= 0.6 is 23.2 Å². The van der Waals surface area contributed by atoms with Crippen molar-refractivity contribution in [2.45, 2.75) is 6.61 Å². The molecule has 3 rings (SSSR count). The van der Waals surface area contributed by atoms with Gasteiger partial charge in [0.15, 0.2) is 6.61 Å². The van der Waals surface area contributed by atoms with E-state index in [2.05, 4.69) is 15.1 Å². The van der Waals surface area contributed by atoms with Gasteiger partial charge in [-0.05, 0) is 6.07 Å². The summed E-state index contributed by atoms with van der Waals surface area (Å²) in [6.07, 6.45) is 1.28. The maximum absolute atomic E-state index is 11.9. The molecule has 2 aromatic heterocycles. The third kappa shape index (κ3) is 3.67. The molecule has 0 aliphatic rings. The molecule has 0 saturated heterocycles. The highest BCUT2D eigenvalue weighted by Gasteiger charge is 2.14. The number of nitrogens with zero attached hydrogens (tertiary/aromatic N) is 3. The van der Waals surface area contributed by atoms with Crippen LogP contribution in [0.4, 0.5) is 0 Å². The molecule has 6 nitrogen and oxygen atoms in total. The van der Waals surface area contributed by atoms with Gasteiger partial charge in [0, 0.05) is 11.8 Å².